The largest absolute Gasteiger partial charge is 0.459 e. The van der Waals surface area contributed by atoms with Crippen molar-refractivity contribution in [3.8, 4) is 0 Å². The lowest BCUT2D eigenvalue weighted by molar-refractivity contribution is -0.366. The number of carbonyl (C=O) groups excluding carboxylic acids is 7. The predicted molar refractivity (Wildman–Crippen MR) is 461 cm³/mol. The fourth-order valence-corrected chi connectivity index (χ4v) is 21.8. The fourth-order valence-electron chi connectivity index (χ4n) is 16.0. The molecule has 123 heavy (non-hydrogen) atoms. The van der Waals surface area contributed by atoms with Gasteiger partial charge in [-0.2, -0.15) is 0 Å². The van der Waals surface area contributed by atoms with Crippen molar-refractivity contribution in [2.45, 2.75) is 156 Å². The Hall–Kier alpha value is -11.9. The van der Waals surface area contributed by atoms with Crippen LogP contribution in [0.3, 0.4) is 0 Å². The lowest BCUT2D eigenvalue weighted by Gasteiger charge is -2.53. The van der Waals surface area contributed by atoms with Gasteiger partial charge in [-0.05, 0) is 124 Å². The van der Waals surface area contributed by atoms with Gasteiger partial charge in [0.05, 0.1) is 65.9 Å². The maximum atomic E-state index is 16.3. The number of carbonyl (C=O) groups is 7. The van der Waals surface area contributed by atoms with Crippen LogP contribution < -0.4 is 15.7 Å². The zero-order valence-corrected chi connectivity index (χ0v) is 70.1. The van der Waals surface area contributed by atoms with Gasteiger partial charge < -0.3 is 66.6 Å². The van der Waals surface area contributed by atoms with E-state index in [1.54, 1.807) is 133 Å². The molecule has 15 rings (SSSR count). The van der Waals surface area contributed by atoms with Crippen molar-refractivity contribution in [1.82, 2.24) is 4.90 Å². The zero-order valence-electron chi connectivity index (χ0n) is 68.3. The monoisotopic (exact) mass is 1690 g/mol. The third-order valence-electron chi connectivity index (χ3n) is 21.9. The van der Waals surface area contributed by atoms with E-state index in [0.717, 1.165) is 43.7 Å². The lowest BCUT2D eigenvalue weighted by Crippen LogP contribution is -2.71. The summed E-state index contributed by atoms with van der Waals surface area (Å²) in [6.45, 7) is 8.45. The van der Waals surface area contributed by atoms with E-state index in [9.17, 15) is 9.59 Å². The van der Waals surface area contributed by atoms with E-state index in [-0.39, 0.29) is 59.1 Å². The molecular formula is C99H94N2O20SSi. The van der Waals surface area contributed by atoms with E-state index < -0.39 is 153 Å². The van der Waals surface area contributed by atoms with Crippen molar-refractivity contribution >= 4 is 77.7 Å². The molecule has 11 aromatic carbocycles. The average Bonchev–Trinajstić information content (AvgIpc) is 1.70. The van der Waals surface area contributed by atoms with Crippen LogP contribution in [0.5, 0.6) is 0 Å². The zero-order chi connectivity index (χ0) is 85.4. The highest BCUT2D eigenvalue weighted by Crippen LogP contribution is 2.46. The van der Waals surface area contributed by atoms with Crippen LogP contribution in [0.4, 0.5) is 5.69 Å². The molecule has 4 heterocycles. The summed E-state index contributed by atoms with van der Waals surface area (Å²) < 4.78 is 94.7. The Morgan fingerprint density at radius 3 is 1.24 bits per heavy atom. The number of anilines is 1. The first-order valence-corrected chi connectivity index (χ1v) is 43.6. The number of thioether (sulfide) groups is 1. The first-order valence-electron chi connectivity index (χ1n) is 40.9. The minimum atomic E-state index is -3.77. The normalized spacial score (nSPS) is 23.2. The molecule has 630 valence electrons. The average molecular weight is 1690 g/mol. The molecule has 4 aliphatic rings. The number of nitrogens with zero attached hydrogens (tertiary/aromatic N) is 1. The summed E-state index contributed by atoms with van der Waals surface area (Å²) in [5, 5.41) is 3.86. The second-order valence-corrected chi connectivity index (χ2v) is 36.7. The quantitative estimate of drug-likeness (QED) is 0.0183. The van der Waals surface area contributed by atoms with Crippen molar-refractivity contribution < 1.29 is 94.8 Å². The van der Waals surface area contributed by atoms with Gasteiger partial charge in [0.1, 0.15) is 60.8 Å². The Bertz CT molecular complexity index is 5290. The number of ether oxygens (including phenoxy) is 12. The van der Waals surface area contributed by atoms with Crippen LogP contribution in [0, 0.1) is 0 Å². The van der Waals surface area contributed by atoms with Crippen LogP contribution in [0.2, 0.25) is 5.04 Å². The maximum Gasteiger partial charge on any atom is 0.338 e. The topological polar surface area (TPSA) is 255 Å². The number of fused-ring (bicyclic) bond motifs is 1. The second-order valence-electron chi connectivity index (χ2n) is 31.3. The van der Waals surface area contributed by atoms with Crippen LogP contribution in [-0.4, -0.2) is 159 Å². The second kappa shape index (κ2) is 40.0. The highest BCUT2D eigenvalue weighted by atomic mass is 32.2. The molecular weight excluding hydrogens is 1600 g/mol. The van der Waals surface area contributed by atoms with Crippen LogP contribution in [-0.2, 0) is 85.9 Å². The molecule has 4 aliphatic heterocycles. The Balaban J connectivity index is 0.974. The van der Waals surface area contributed by atoms with E-state index in [4.69, 9.17) is 61.3 Å². The Labute approximate surface area is 719 Å². The molecule has 3 amide bonds. The van der Waals surface area contributed by atoms with Crippen LogP contribution in [0.15, 0.2) is 326 Å². The number of amides is 3. The fraction of sp³-hybridized carbons (Fsp3) is 0.263. The third-order valence-corrected chi connectivity index (χ3v) is 28.1. The molecule has 11 aromatic rings. The predicted octanol–water partition coefficient (Wildman–Crippen LogP) is 15.2. The number of hydrogen-bond donors (Lipinski definition) is 1. The van der Waals surface area contributed by atoms with E-state index >= 15 is 24.0 Å². The summed E-state index contributed by atoms with van der Waals surface area (Å²) in [5.74, 6) is -5.60. The SMILES string of the molecule is CC(=O)Nc1ccc(S[C@@H]2O[C@H](CO[Si](c3ccccc3)(c3ccccc3)C(C)(C)C)[C@@H](O[C@@H]3O[C@H](COC(=O)c4ccccc4)[C@H](OC(=O)c4ccccc4)[C@H](OC(=O)c4ccccc4)[C@H]3OC(=O)c3ccccc3)[C@H](O[C@@H]3O[C@@H](C)[C@@H](OCc4ccccc4)[C@@H](OCc4ccccc4)[C@@H]3OCc3ccccc3)[C@H]2N2C(=O)c3ccccc3C2=O)cc1. The molecule has 0 aliphatic carbocycles. The highest BCUT2D eigenvalue weighted by molar-refractivity contribution is 7.99. The molecule has 3 fully saturated rings. The van der Waals surface area contributed by atoms with Gasteiger partial charge in [0.2, 0.25) is 5.91 Å². The van der Waals surface area contributed by atoms with E-state index in [2.05, 4.69) is 26.1 Å². The molecule has 0 radical (unpaired) electrons. The van der Waals surface area contributed by atoms with Crippen molar-refractivity contribution in [1.29, 1.82) is 0 Å². The number of imide groups is 1. The summed E-state index contributed by atoms with van der Waals surface area (Å²) >= 11 is 1.13. The summed E-state index contributed by atoms with van der Waals surface area (Å²) in [7, 11) is -3.77. The van der Waals surface area contributed by atoms with Gasteiger partial charge in [-0.3, -0.25) is 19.3 Å². The summed E-state index contributed by atoms with van der Waals surface area (Å²) in [6.07, 6.45) is -20.7. The Morgan fingerprint density at radius 1 is 0.398 bits per heavy atom. The first-order chi connectivity index (χ1) is 59.8. The van der Waals surface area contributed by atoms with E-state index in [1.807, 2.05) is 159 Å². The van der Waals surface area contributed by atoms with E-state index in [0.29, 0.717) is 10.6 Å². The summed E-state index contributed by atoms with van der Waals surface area (Å²) in [4.78, 5) is 108. The maximum absolute atomic E-state index is 16.3. The Kier molecular flexibility index (Phi) is 28.0. The number of hydrogen-bond acceptors (Lipinski definition) is 21. The Morgan fingerprint density at radius 2 is 0.780 bits per heavy atom. The van der Waals surface area contributed by atoms with Crippen molar-refractivity contribution in [3.05, 3.63) is 372 Å². The molecule has 0 unspecified atom stereocenters. The molecule has 0 aromatic heterocycles. The van der Waals surface area contributed by atoms with Gasteiger partial charge in [-0.1, -0.05) is 269 Å². The molecule has 15 atom stereocenters. The minimum absolute atomic E-state index is 0.00998. The van der Waals surface area contributed by atoms with Gasteiger partial charge in [0, 0.05) is 17.5 Å². The number of esters is 4. The van der Waals surface area contributed by atoms with Crippen molar-refractivity contribution in [2.24, 2.45) is 0 Å². The molecule has 0 saturated carbocycles. The number of rotatable bonds is 31. The van der Waals surface area contributed by atoms with Crippen LogP contribution >= 0.6 is 11.8 Å². The molecule has 1 N–H and O–H groups in total. The molecule has 3 saturated heterocycles. The van der Waals surface area contributed by atoms with Gasteiger partial charge in [-0.25, -0.2) is 19.2 Å². The van der Waals surface area contributed by atoms with Gasteiger partial charge in [-0.15, -0.1) is 0 Å². The highest BCUT2D eigenvalue weighted by Gasteiger charge is 2.62. The lowest BCUT2D eigenvalue weighted by atomic mass is 9.94. The summed E-state index contributed by atoms with van der Waals surface area (Å²) in [5.41, 5.74) is 1.77. The third kappa shape index (κ3) is 20.3. The van der Waals surface area contributed by atoms with Gasteiger partial charge in [0.15, 0.2) is 30.9 Å². The summed E-state index contributed by atoms with van der Waals surface area (Å²) in [6, 6.07) is 92.2. The molecule has 24 heteroatoms. The first kappa shape index (κ1) is 86.1. The van der Waals surface area contributed by atoms with E-state index in [1.165, 1.54) is 43.3 Å². The molecule has 22 nitrogen and oxygen atoms in total. The molecule has 0 spiro atoms. The smallest absolute Gasteiger partial charge is 0.338 e. The van der Waals surface area contributed by atoms with Crippen LogP contribution in [0.25, 0.3) is 0 Å². The van der Waals surface area contributed by atoms with Gasteiger partial charge in [0.25, 0.3) is 20.1 Å². The standard InChI is InChI=1S/C99H94N2O20SSi/c1-64-82(109-59-66-35-15-6-16-36-66)86(110-60-67-37-17-7-18-38-67)88(111-61-68-39-19-8-20-40-68)96(114-64)121-85-81(101-90(103)77-53-33-34-54-78(77)91(101)104)98(122-74-57-55-73(56-58-74)100-65(2)102)116-80(63-113-123(99(3,4)5,75-49-29-13-30-50-75)76-51-31-14-32-52-76)83(85)120-97-89(119-95(108)72-47-27-12-28-48-72)87(118-94(107)71-45-25-11-26-46-71)84(117-93(106)70-43-23-10-24-44-70)79(115-97)62-112-92(105)69-41-21-9-22-42-69/h6-58,64,79-89,96-98H,59-63H2,1-5H3,(H,100,102)/t64-,79+,80+,81+,82+,83+,84-,85+,86+,87-,88-,89+,96-,97-,98-/m0/s1. The van der Waals surface area contributed by atoms with Crippen LogP contribution in [0.1, 0.15) is 113 Å². The number of benzene rings is 11. The molecule has 0 bridgehead atoms. The van der Waals surface area contributed by atoms with Gasteiger partial charge >= 0.3 is 23.9 Å². The van der Waals surface area contributed by atoms with Crippen molar-refractivity contribution in [3.63, 3.8) is 0 Å². The number of nitrogens with one attached hydrogen (secondary N) is 1. The minimum Gasteiger partial charge on any atom is -0.459 e. The van der Waals surface area contributed by atoms with Crippen molar-refractivity contribution in [2.75, 3.05) is 18.5 Å².